The predicted molar refractivity (Wildman–Crippen MR) is 61.1 cm³/mol. The monoisotopic (exact) mass is 303 g/mol. The van der Waals surface area contributed by atoms with Gasteiger partial charge in [0.15, 0.2) is 0 Å². The van der Waals surface area contributed by atoms with E-state index < -0.39 is 0 Å². The molecule has 0 saturated heterocycles. The molecule has 1 aromatic rings. The molecule has 1 heterocycles. The van der Waals surface area contributed by atoms with Crippen molar-refractivity contribution in [3.63, 3.8) is 0 Å². The summed E-state index contributed by atoms with van der Waals surface area (Å²) in [6, 6.07) is 4.17. The molecule has 70 valence electrons. The SMILES string of the molecule is BrCC1(Cc2ccc(Br)cn2)CC1. The van der Waals surface area contributed by atoms with E-state index in [2.05, 4.69) is 49.0 Å². The Bertz CT molecular complexity index is 290. The van der Waals surface area contributed by atoms with E-state index in [-0.39, 0.29) is 0 Å². The second kappa shape index (κ2) is 3.70. The highest BCUT2D eigenvalue weighted by Gasteiger charge is 2.41. The first-order valence-electron chi connectivity index (χ1n) is 4.41. The molecule has 0 unspecified atom stereocenters. The Balaban J connectivity index is 2.06. The molecule has 0 aromatic carbocycles. The lowest BCUT2D eigenvalue weighted by Gasteiger charge is -2.09. The number of rotatable bonds is 3. The van der Waals surface area contributed by atoms with Crippen LogP contribution in [0.15, 0.2) is 22.8 Å². The quantitative estimate of drug-likeness (QED) is 0.778. The van der Waals surface area contributed by atoms with E-state index in [4.69, 9.17) is 0 Å². The highest BCUT2D eigenvalue weighted by atomic mass is 79.9. The summed E-state index contributed by atoms with van der Waals surface area (Å²) in [4.78, 5) is 4.38. The number of hydrogen-bond donors (Lipinski definition) is 0. The molecule has 0 spiro atoms. The maximum Gasteiger partial charge on any atom is 0.0413 e. The number of nitrogens with zero attached hydrogens (tertiary/aromatic N) is 1. The van der Waals surface area contributed by atoms with Crippen LogP contribution in [0.5, 0.6) is 0 Å². The van der Waals surface area contributed by atoms with E-state index in [1.54, 1.807) is 0 Å². The van der Waals surface area contributed by atoms with Gasteiger partial charge in [-0.3, -0.25) is 4.98 Å². The molecule has 1 fully saturated rings. The maximum absolute atomic E-state index is 4.38. The Morgan fingerprint density at radius 1 is 1.38 bits per heavy atom. The Kier molecular flexibility index (Phi) is 2.75. The van der Waals surface area contributed by atoms with Gasteiger partial charge < -0.3 is 0 Å². The first kappa shape index (κ1) is 9.66. The van der Waals surface area contributed by atoms with E-state index in [1.807, 2.05) is 6.20 Å². The van der Waals surface area contributed by atoms with Crippen molar-refractivity contribution < 1.29 is 0 Å². The third-order valence-corrected chi connectivity index (χ3v) is 4.24. The van der Waals surface area contributed by atoms with Crippen LogP contribution in [0.25, 0.3) is 0 Å². The van der Waals surface area contributed by atoms with Gasteiger partial charge in [-0.15, -0.1) is 0 Å². The Labute approximate surface area is 95.2 Å². The summed E-state index contributed by atoms with van der Waals surface area (Å²) < 4.78 is 1.06. The number of alkyl halides is 1. The van der Waals surface area contributed by atoms with Gasteiger partial charge in [0.05, 0.1) is 0 Å². The molecule has 3 heteroatoms. The summed E-state index contributed by atoms with van der Waals surface area (Å²) in [5.41, 5.74) is 1.74. The van der Waals surface area contributed by atoms with Crippen LogP contribution < -0.4 is 0 Å². The Morgan fingerprint density at radius 2 is 2.15 bits per heavy atom. The highest BCUT2D eigenvalue weighted by molar-refractivity contribution is 9.10. The van der Waals surface area contributed by atoms with E-state index in [9.17, 15) is 0 Å². The fourth-order valence-electron chi connectivity index (χ4n) is 1.43. The van der Waals surface area contributed by atoms with Crippen LogP contribution >= 0.6 is 31.9 Å². The van der Waals surface area contributed by atoms with Crippen molar-refractivity contribution in [2.75, 3.05) is 5.33 Å². The number of halogens is 2. The minimum Gasteiger partial charge on any atom is -0.260 e. The van der Waals surface area contributed by atoms with Crippen molar-refractivity contribution in [2.45, 2.75) is 19.3 Å². The second-order valence-corrected chi connectivity index (χ2v) is 5.25. The first-order valence-corrected chi connectivity index (χ1v) is 6.32. The minimum atomic E-state index is 0.529. The third-order valence-electron chi connectivity index (χ3n) is 2.59. The fourth-order valence-corrected chi connectivity index (χ4v) is 2.42. The van der Waals surface area contributed by atoms with Crippen LogP contribution in [0.1, 0.15) is 18.5 Å². The Hall–Kier alpha value is 0.110. The zero-order valence-electron chi connectivity index (χ0n) is 7.26. The fraction of sp³-hybridized carbons (Fsp3) is 0.500. The van der Waals surface area contributed by atoms with Gasteiger partial charge in [0.1, 0.15) is 0 Å². The van der Waals surface area contributed by atoms with Crippen LogP contribution in [0.2, 0.25) is 0 Å². The van der Waals surface area contributed by atoms with Crippen molar-refractivity contribution in [3.8, 4) is 0 Å². The van der Waals surface area contributed by atoms with Crippen LogP contribution in [-0.4, -0.2) is 10.3 Å². The molecule has 1 aromatic heterocycles. The molecule has 0 aliphatic heterocycles. The molecule has 0 bridgehead atoms. The molecule has 2 rings (SSSR count). The molecule has 13 heavy (non-hydrogen) atoms. The molecule has 0 amide bonds. The largest absolute Gasteiger partial charge is 0.260 e. The van der Waals surface area contributed by atoms with E-state index in [1.165, 1.54) is 18.5 Å². The summed E-state index contributed by atoms with van der Waals surface area (Å²) in [5, 5.41) is 1.11. The normalized spacial score (nSPS) is 18.6. The summed E-state index contributed by atoms with van der Waals surface area (Å²) in [6.45, 7) is 0. The number of aromatic nitrogens is 1. The van der Waals surface area contributed by atoms with Gasteiger partial charge in [-0.1, -0.05) is 15.9 Å². The van der Waals surface area contributed by atoms with Crippen LogP contribution in [0, 0.1) is 5.41 Å². The van der Waals surface area contributed by atoms with Gasteiger partial charge >= 0.3 is 0 Å². The summed E-state index contributed by atoms with van der Waals surface area (Å²) in [5.74, 6) is 0. The zero-order valence-corrected chi connectivity index (χ0v) is 10.4. The lowest BCUT2D eigenvalue weighted by atomic mass is 10.0. The summed E-state index contributed by atoms with van der Waals surface area (Å²) in [7, 11) is 0. The smallest absolute Gasteiger partial charge is 0.0413 e. The number of hydrogen-bond acceptors (Lipinski definition) is 1. The molecule has 1 saturated carbocycles. The molecule has 0 radical (unpaired) electrons. The predicted octanol–water partition coefficient (Wildman–Crippen LogP) is 3.56. The lowest BCUT2D eigenvalue weighted by molar-refractivity contribution is 0.576. The van der Waals surface area contributed by atoms with E-state index in [0.717, 1.165) is 16.2 Å². The van der Waals surface area contributed by atoms with Crippen molar-refractivity contribution in [1.29, 1.82) is 0 Å². The second-order valence-electron chi connectivity index (χ2n) is 3.78. The standard InChI is InChI=1S/C10H11Br2N/c11-7-10(3-4-10)5-9-2-1-8(12)6-13-9/h1-2,6H,3-5,7H2. The molecular weight excluding hydrogens is 294 g/mol. The van der Waals surface area contributed by atoms with Crippen molar-refractivity contribution in [1.82, 2.24) is 4.98 Å². The highest BCUT2D eigenvalue weighted by Crippen LogP contribution is 2.49. The Morgan fingerprint density at radius 3 is 2.62 bits per heavy atom. The van der Waals surface area contributed by atoms with Crippen molar-refractivity contribution in [2.24, 2.45) is 5.41 Å². The van der Waals surface area contributed by atoms with Crippen LogP contribution in [0.3, 0.4) is 0 Å². The minimum absolute atomic E-state index is 0.529. The van der Waals surface area contributed by atoms with Gasteiger partial charge in [-0.2, -0.15) is 0 Å². The molecule has 0 N–H and O–H groups in total. The molecule has 1 aliphatic carbocycles. The first-order chi connectivity index (χ1) is 6.24. The average Bonchev–Trinajstić information content (AvgIpc) is 2.90. The average molecular weight is 305 g/mol. The molecular formula is C10H11Br2N. The van der Waals surface area contributed by atoms with Gasteiger partial charge in [0, 0.05) is 21.7 Å². The lowest BCUT2D eigenvalue weighted by Crippen LogP contribution is -2.07. The van der Waals surface area contributed by atoms with E-state index in [0.29, 0.717) is 5.41 Å². The third kappa shape index (κ3) is 2.32. The summed E-state index contributed by atoms with van der Waals surface area (Å²) >= 11 is 6.95. The van der Waals surface area contributed by atoms with Gasteiger partial charge in [-0.25, -0.2) is 0 Å². The van der Waals surface area contributed by atoms with Gasteiger partial charge in [0.25, 0.3) is 0 Å². The zero-order chi connectivity index (χ0) is 9.31. The molecule has 1 aliphatic rings. The van der Waals surface area contributed by atoms with Crippen LogP contribution in [0.4, 0.5) is 0 Å². The van der Waals surface area contributed by atoms with E-state index >= 15 is 0 Å². The number of pyridine rings is 1. The van der Waals surface area contributed by atoms with Gasteiger partial charge in [0.2, 0.25) is 0 Å². The van der Waals surface area contributed by atoms with Crippen molar-refractivity contribution >= 4 is 31.9 Å². The summed E-state index contributed by atoms with van der Waals surface area (Å²) in [6.07, 6.45) is 5.68. The maximum atomic E-state index is 4.38. The van der Waals surface area contributed by atoms with Gasteiger partial charge in [-0.05, 0) is 52.7 Å². The topological polar surface area (TPSA) is 12.9 Å². The molecule has 1 nitrogen and oxygen atoms in total. The van der Waals surface area contributed by atoms with Crippen molar-refractivity contribution in [3.05, 3.63) is 28.5 Å². The van der Waals surface area contributed by atoms with Crippen LogP contribution in [-0.2, 0) is 6.42 Å². The molecule has 0 atom stereocenters.